The van der Waals surface area contributed by atoms with Gasteiger partial charge in [0.1, 0.15) is 17.2 Å². The summed E-state index contributed by atoms with van der Waals surface area (Å²) in [7, 11) is -3.22. The summed E-state index contributed by atoms with van der Waals surface area (Å²) in [5, 5.41) is 10.3. The molecule has 7 heteroatoms. The van der Waals surface area contributed by atoms with E-state index in [0.717, 1.165) is 11.3 Å². The Hall–Kier alpha value is -1.08. The van der Waals surface area contributed by atoms with Gasteiger partial charge in [0.15, 0.2) is 9.84 Å². The molecule has 1 N–H and O–H groups in total. The lowest BCUT2D eigenvalue weighted by molar-refractivity contribution is 0.0702. The first-order valence-electron chi connectivity index (χ1n) is 5.30. The van der Waals surface area contributed by atoms with Crippen LogP contribution in [0.3, 0.4) is 0 Å². The number of carbonyl (C=O) groups is 1. The fraction of sp³-hybridized carbons (Fsp3) is 0.545. The largest absolute Gasteiger partial charge is 0.492 e. The summed E-state index contributed by atoms with van der Waals surface area (Å²) in [5.74, 6) is -0.715. The molecule has 0 radical (unpaired) electrons. The summed E-state index contributed by atoms with van der Waals surface area (Å²) in [5.41, 5.74) is 0. The van der Waals surface area contributed by atoms with Gasteiger partial charge < -0.3 is 9.84 Å². The molecule has 0 saturated carbocycles. The summed E-state index contributed by atoms with van der Waals surface area (Å²) in [6.45, 7) is 4.93. The van der Waals surface area contributed by atoms with Crippen molar-refractivity contribution in [3.63, 3.8) is 0 Å². The second kappa shape index (κ2) is 5.27. The highest BCUT2D eigenvalue weighted by molar-refractivity contribution is 7.92. The van der Waals surface area contributed by atoms with E-state index >= 15 is 0 Å². The first-order valence-corrected chi connectivity index (χ1v) is 7.83. The zero-order valence-corrected chi connectivity index (χ0v) is 12.1. The van der Waals surface area contributed by atoms with Crippen molar-refractivity contribution in [3.8, 4) is 5.75 Å². The van der Waals surface area contributed by atoms with E-state index in [-0.39, 0.29) is 17.2 Å². The Morgan fingerprint density at radius 1 is 1.44 bits per heavy atom. The molecule has 0 aliphatic heterocycles. The molecule has 0 aliphatic rings. The third-order valence-corrected chi connectivity index (χ3v) is 5.81. The lowest BCUT2D eigenvalue weighted by atomic mass is 10.3. The molecule has 1 heterocycles. The second-order valence-corrected chi connectivity index (χ2v) is 8.51. The topological polar surface area (TPSA) is 80.7 Å². The fourth-order valence-corrected chi connectivity index (χ4v) is 2.66. The number of carboxylic acid groups (broad SMARTS) is 1. The number of ether oxygens (including phenoxy) is 1. The van der Waals surface area contributed by atoms with Crippen LogP contribution in [0, 0.1) is 0 Å². The van der Waals surface area contributed by atoms with Crippen molar-refractivity contribution < 1.29 is 23.1 Å². The van der Waals surface area contributed by atoms with Crippen LogP contribution >= 0.6 is 11.3 Å². The van der Waals surface area contributed by atoms with Gasteiger partial charge >= 0.3 is 5.97 Å². The molecule has 0 amide bonds. The van der Waals surface area contributed by atoms with Crippen LogP contribution in [0.2, 0.25) is 0 Å². The molecule has 0 spiro atoms. The molecule has 0 aliphatic carbocycles. The number of carboxylic acids is 1. The predicted molar refractivity (Wildman–Crippen MR) is 70.3 cm³/mol. The quantitative estimate of drug-likeness (QED) is 0.898. The Labute approximate surface area is 110 Å². The zero-order valence-electron chi connectivity index (χ0n) is 10.5. The standard InChI is InChI=1S/C11H16O5S2/c1-11(2,3)18(14,15)5-4-16-8-6-9(10(12)13)17-7-8/h6-7H,4-5H2,1-3H3,(H,12,13). The lowest BCUT2D eigenvalue weighted by Crippen LogP contribution is -2.32. The number of hydrogen-bond acceptors (Lipinski definition) is 5. The van der Waals surface area contributed by atoms with E-state index in [9.17, 15) is 13.2 Å². The van der Waals surface area contributed by atoms with E-state index in [1.807, 2.05) is 0 Å². The Morgan fingerprint density at radius 3 is 2.50 bits per heavy atom. The number of aromatic carboxylic acids is 1. The third-order valence-electron chi connectivity index (χ3n) is 2.34. The average molecular weight is 292 g/mol. The van der Waals surface area contributed by atoms with Crippen molar-refractivity contribution in [2.75, 3.05) is 12.4 Å². The average Bonchev–Trinajstić information content (AvgIpc) is 2.64. The normalized spacial score (nSPS) is 12.4. The summed E-state index contributed by atoms with van der Waals surface area (Å²) in [6.07, 6.45) is 0. The minimum absolute atomic E-state index is 0.0232. The molecular formula is C11H16O5S2. The van der Waals surface area contributed by atoms with Crippen molar-refractivity contribution >= 4 is 27.1 Å². The summed E-state index contributed by atoms with van der Waals surface area (Å²) in [4.78, 5) is 10.8. The Bertz CT molecular complexity index is 522. The molecule has 1 aromatic rings. The van der Waals surface area contributed by atoms with Gasteiger partial charge in [0.05, 0.1) is 10.5 Å². The highest BCUT2D eigenvalue weighted by Gasteiger charge is 2.28. The summed E-state index contributed by atoms with van der Waals surface area (Å²) >= 11 is 1.05. The van der Waals surface area contributed by atoms with Crippen molar-refractivity contribution in [1.82, 2.24) is 0 Å². The highest BCUT2D eigenvalue weighted by atomic mass is 32.2. The minimum Gasteiger partial charge on any atom is -0.492 e. The maximum atomic E-state index is 11.8. The molecule has 5 nitrogen and oxygen atoms in total. The van der Waals surface area contributed by atoms with Gasteiger partial charge in [-0.05, 0) is 20.8 Å². The summed E-state index contributed by atoms with van der Waals surface area (Å²) in [6, 6.07) is 1.39. The van der Waals surface area contributed by atoms with Gasteiger partial charge in [-0.25, -0.2) is 13.2 Å². The molecule has 1 aromatic heterocycles. The minimum atomic E-state index is -3.22. The molecular weight excluding hydrogens is 276 g/mol. The number of sulfone groups is 1. The van der Waals surface area contributed by atoms with Crippen molar-refractivity contribution in [2.45, 2.75) is 25.5 Å². The van der Waals surface area contributed by atoms with E-state index in [0.29, 0.717) is 5.75 Å². The maximum Gasteiger partial charge on any atom is 0.346 e. The van der Waals surface area contributed by atoms with Gasteiger partial charge in [-0.1, -0.05) is 0 Å². The Balaban J connectivity index is 2.54. The van der Waals surface area contributed by atoms with Crippen LogP contribution in [0.15, 0.2) is 11.4 Å². The van der Waals surface area contributed by atoms with E-state index in [1.165, 1.54) is 6.07 Å². The molecule has 0 fully saturated rings. The van der Waals surface area contributed by atoms with Crippen LogP contribution < -0.4 is 4.74 Å². The number of hydrogen-bond donors (Lipinski definition) is 1. The molecule has 0 aromatic carbocycles. The maximum absolute atomic E-state index is 11.8. The van der Waals surface area contributed by atoms with E-state index < -0.39 is 20.6 Å². The zero-order chi connectivity index (χ0) is 14.0. The number of thiophene rings is 1. The monoisotopic (exact) mass is 292 g/mol. The van der Waals surface area contributed by atoms with Crippen LogP contribution in [0.4, 0.5) is 0 Å². The molecule has 0 atom stereocenters. The van der Waals surface area contributed by atoms with Crippen molar-refractivity contribution in [2.24, 2.45) is 0 Å². The van der Waals surface area contributed by atoms with Gasteiger partial charge in [0, 0.05) is 11.4 Å². The van der Waals surface area contributed by atoms with Gasteiger partial charge in [-0.3, -0.25) is 0 Å². The van der Waals surface area contributed by atoms with Crippen LogP contribution in [0.25, 0.3) is 0 Å². The highest BCUT2D eigenvalue weighted by Crippen LogP contribution is 2.22. The predicted octanol–water partition coefficient (Wildman–Crippen LogP) is 2.04. The lowest BCUT2D eigenvalue weighted by Gasteiger charge is -2.18. The van der Waals surface area contributed by atoms with Crippen LogP contribution in [0.5, 0.6) is 5.75 Å². The first kappa shape index (κ1) is 15.0. The van der Waals surface area contributed by atoms with Crippen molar-refractivity contribution in [1.29, 1.82) is 0 Å². The van der Waals surface area contributed by atoms with Crippen LogP contribution in [0.1, 0.15) is 30.4 Å². The molecule has 102 valence electrons. The fourth-order valence-electron chi connectivity index (χ4n) is 1.08. The van der Waals surface area contributed by atoms with Gasteiger partial charge in [0.2, 0.25) is 0 Å². The summed E-state index contributed by atoms with van der Waals surface area (Å²) < 4.78 is 28.0. The van der Waals surface area contributed by atoms with Gasteiger partial charge in [-0.15, -0.1) is 11.3 Å². The SMILES string of the molecule is CC(C)(C)S(=O)(=O)CCOc1csc(C(=O)O)c1. The number of rotatable bonds is 5. The first-order chi connectivity index (χ1) is 8.13. The van der Waals surface area contributed by atoms with Gasteiger partial charge in [-0.2, -0.15) is 0 Å². The molecule has 18 heavy (non-hydrogen) atoms. The van der Waals surface area contributed by atoms with Gasteiger partial charge in [0.25, 0.3) is 0 Å². The second-order valence-electron chi connectivity index (χ2n) is 4.73. The van der Waals surface area contributed by atoms with E-state index in [2.05, 4.69) is 0 Å². The molecule has 0 unspecified atom stereocenters. The molecule has 0 bridgehead atoms. The molecule has 1 rings (SSSR count). The smallest absolute Gasteiger partial charge is 0.346 e. The van der Waals surface area contributed by atoms with E-state index in [4.69, 9.17) is 9.84 Å². The third kappa shape index (κ3) is 3.71. The van der Waals surface area contributed by atoms with Crippen LogP contribution in [-0.4, -0.2) is 36.6 Å². The van der Waals surface area contributed by atoms with Crippen LogP contribution in [-0.2, 0) is 9.84 Å². The van der Waals surface area contributed by atoms with Crippen molar-refractivity contribution in [3.05, 3.63) is 16.3 Å². The molecule has 0 saturated heterocycles. The Morgan fingerprint density at radius 2 is 2.06 bits per heavy atom. The Kier molecular flexibility index (Phi) is 4.39. The van der Waals surface area contributed by atoms with E-state index in [1.54, 1.807) is 26.2 Å².